The van der Waals surface area contributed by atoms with Crippen molar-refractivity contribution in [2.24, 2.45) is 17.8 Å². The van der Waals surface area contributed by atoms with Crippen LogP contribution in [0.5, 0.6) is 11.5 Å². The van der Waals surface area contributed by atoms with E-state index in [1.807, 2.05) is 18.2 Å². The Bertz CT molecular complexity index is 471. The molecule has 0 saturated heterocycles. The molecule has 20 heavy (non-hydrogen) atoms. The quantitative estimate of drug-likeness (QED) is 0.893. The lowest BCUT2D eigenvalue weighted by atomic mass is 9.83. The number of fused-ring (bicyclic) bond motifs is 2. The van der Waals surface area contributed by atoms with Crippen molar-refractivity contribution in [1.29, 1.82) is 0 Å². The molecule has 0 heterocycles. The molecule has 2 fully saturated rings. The molecular formula is C17H24O3. The summed E-state index contributed by atoms with van der Waals surface area (Å²) in [7, 11) is 3.26. The lowest BCUT2D eigenvalue weighted by Crippen LogP contribution is -2.14. The van der Waals surface area contributed by atoms with Gasteiger partial charge in [0, 0.05) is 0 Å². The van der Waals surface area contributed by atoms with E-state index < -0.39 is 0 Å². The zero-order chi connectivity index (χ0) is 14.1. The molecule has 4 unspecified atom stereocenters. The van der Waals surface area contributed by atoms with Gasteiger partial charge in [-0.25, -0.2) is 0 Å². The Hall–Kier alpha value is -1.22. The Labute approximate surface area is 120 Å². The topological polar surface area (TPSA) is 38.7 Å². The summed E-state index contributed by atoms with van der Waals surface area (Å²) in [5.74, 6) is 3.90. The van der Waals surface area contributed by atoms with E-state index >= 15 is 0 Å². The fraction of sp³-hybridized carbons (Fsp3) is 0.647. The van der Waals surface area contributed by atoms with Crippen LogP contribution in [0.2, 0.25) is 0 Å². The summed E-state index contributed by atoms with van der Waals surface area (Å²) in [4.78, 5) is 0. The van der Waals surface area contributed by atoms with Gasteiger partial charge in [0.15, 0.2) is 11.5 Å². The third kappa shape index (κ3) is 2.51. The molecule has 2 aliphatic rings. The van der Waals surface area contributed by atoms with E-state index in [9.17, 15) is 5.11 Å². The maximum absolute atomic E-state index is 10.5. The molecule has 0 amide bonds. The summed E-state index contributed by atoms with van der Waals surface area (Å²) in [5.41, 5.74) is 0.936. The van der Waals surface area contributed by atoms with Crippen molar-refractivity contribution in [3.05, 3.63) is 23.8 Å². The van der Waals surface area contributed by atoms with Crippen molar-refractivity contribution >= 4 is 0 Å². The smallest absolute Gasteiger partial charge is 0.161 e. The van der Waals surface area contributed by atoms with Crippen molar-refractivity contribution < 1.29 is 14.6 Å². The van der Waals surface area contributed by atoms with Crippen molar-refractivity contribution in [3.8, 4) is 11.5 Å². The van der Waals surface area contributed by atoms with Crippen LogP contribution in [-0.4, -0.2) is 19.3 Å². The van der Waals surface area contributed by atoms with Gasteiger partial charge in [0.1, 0.15) is 0 Å². The van der Waals surface area contributed by atoms with Crippen LogP contribution in [0, 0.1) is 17.8 Å². The molecular weight excluding hydrogens is 252 g/mol. The molecule has 0 aliphatic heterocycles. The van der Waals surface area contributed by atoms with Gasteiger partial charge in [-0.1, -0.05) is 12.5 Å². The number of aliphatic hydroxyl groups excluding tert-OH is 1. The Balaban J connectivity index is 1.69. The molecule has 3 heteroatoms. The summed E-state index contributed by atoms with van der Waals surface area (Å²) in [6.45, 7) is 0. The standard InChI is InChI=1S/C17H24O3/c1-19-16-6-5-13(10-17(16)20-2)15(18)9-14-8-11-3-4-12(14)7-11/h5-6,10-12,14-15,18H,3-4,7-9H2,1-2H3. The first-order valence-corrected chi connectivity index (χ1v) is 7.61. The second-order valence-electron chi connectivity index (χ2n) is 6.30. The van der Waals surface area contributed by atoms with Crippen LogP contribution in [0.4, 0.5) is 0 Å². The average Bonchev–Trinajstić information content (AvgIpc) is 3.09. The monoisotopic (exact) mass is 276 g/mol. The van der Waals surface area contributed by atoms with E-state index in [1.54, 1.807) is 14.2 Å². The minimum absolute atomic E-state index is 0.390. The number of methoxy groups -OCH3 is 2. The molecule has 3 rings (SSSR count). The first kappa shape index (κ1) is 13.7. The van der Waals surface area contributed by atoms with E-state index in [4.69, 9.17) is 9.47 Å². The van der Waals surface area contributed by atoms with E-state index in [1.165, 1.54) is 25.7 Å². The Morgan fingerprint density at radius 1 is 1.15 bits per heavy atom. The summed E-state index contributed by atoms with van der Waals surface area (Å²) in [6, 6.07) is 5.72. The van der Waals surface area contributed by atoms with Gasteiger partial charge in [-0.05, 0) is 61.1 Å². The minimum atomic E-state index is -0.390. The third-order valence-corrected chi connectivity index (χ3v) is 5.20. The van der Waals surface area contributed by atoms with Gasteiger partial charge in [-0.3, -0.25) is 0 Å². The molecule has 2 saturated carbocycles. The van der Waals surface area contributed by atoms with Gasteiger partial charge in [-0.15, -0.1) is 0 Å². The predicted molar refractivity (Wildman–Crippen MR) is 78.1 cm³/mol. The maximum atomic E-state index is 10.5. The summed E-state index contributed by atoms with van der Waals surface area (Å²) in [6.07, 6.45) is 5.98. The molecule has 0 spiro atoms. The summed E-state index contributed by atoms with van der Waals surface area (Å²) in [5, 5.41) is 10.5. The number of ether oxygens (including phenoxy) is 2. The zero-order valence-corrected chi connectivity index (χ0v) is 12.3. The number of aliphatic hydroxyl groups is 1. The average molecular weight is 276 g/mol. The zero-order valence-electron chi connectivity index (χ0n) is 12.3. The molecule has 0 radical (unpaired) electrons. The van der Waals surface area contributed by atoms with Gasteiger partial charge in [0.2, 0.25) is 0 Å². The SMILES string of the molecule is COc1ccc(C(O)CC2CC3CCC2C3)cc1OC. The van der Waals surface area contributed by atoms with Crippen LogP contribution in [0.15, 0.2) is 18.2 Å². The molecule has 1 aromatic rings. The fourth-order valence-electron chi connectivity index (χ4n) is 4.15. The largest absolute Gasteiger partial charge is 0.493 e. The normalized spacial score (nSPS) is 29.4. The molecule has 0 aromatic heterocycles. The number of hydrogen-bond donors (Lipinski definition) is 1. The molecule has 3 nitrogen and oxygen atoms in total. The van der Waals surface area contributed by atoms with E-state index in [0.717, 1.165) is 23.8 Å². The van der Waals surface area contributed by atoms with Crippen molar-refractivity contribution in [3.63, 3.8) is 0 Å². The first-order valence-electron chi connectivity index (χ1n) is 7.61. The molecule has 2 bridgehead atoms. The first-order chi connectivity index (χ1) is 9.71. The van der Waals surface area contributed by atoms with Gasteiger partial charge in [-0.2, -0.15) is 0 Å². The van der Waals surface area contributed by atoms with E-state index in [-0.39, 0.29) is 6.10 Å². The highest BCUT2D eigenvalue weighted by molar-refractivity contribution is 5.43. The second-order valence-corrected chi connectivity index (χ2v) is 6.30. The number of hydrogen-bond acceptors (Lipinski definition) is 3. The van der Waals surface area contributed by atoms with Crippen LogP contribution < -0.4 is 9.47 Å². The Morgan fingerprint density at radius 2 is 1.95 bits per heavy atom. The van der Waals surface area contributed by atoms with Crippen LogP contribution in [0.3, 0.4) is 0 Å². The molecule has 1 aromatic carbocycles. The van der Waals surface area contributed by atoms with E-state index in [2.05, 4.69) is 0 Å². The van der Waals surface area contributed by atoms with Gasteiger partial charge in [0.05, 0.1) is 20.3 Å². The maximum Gasteiger partial charge on any atom is 0.161 e. The number of rotatable bonds is 5. The number of benzene rings is 1. The predicted octanol–water partition coefficient (Wildman–Crippen LogP) is 3.56. The summed E-state index contributed by atoms with van der Waals surface area (Å²) >= 11 is 0. The van der Waals surface area contributed by atoms with Gasteiger partial charge in [0.25, 0.3) is 0 Å². The molecule has 2 aliphatic carbocycles. The van der Waals surface area contributed by atoms with Gasteiger partial charge < -0.3 is 14.6 Å². The van der Waals surface area contributed by atoms with E-state index in [0.29, 0.717) is 17.4 Å². The highest BCUT2D eigenvalue weighted by Gasteiger charge is 2.40. The Morgan fingerprint density at radius 3 is 2.55 bits per heavy atom. The lowest BCUT2D eigenvalue weighted by molar-refractivity contribution is 0.125. The van der Waals surface area contributed by atoms with Crippen LogP contribution in [0.25, 0.3) is 0 Å². The van der Waals surface area contributed by atoms with Gasteiger partial charge >= 0.3 is 0 Å². The van der Waals surface area contributed by atoms with Crippen molar-refractivity contribution in [2.45, 2.75) is 38.2 Å². The fourth-order valence-corrected chi connectivity index (χ4v) is 4.15. The second kappa shape index (κ2) is 5.65. The highest BCUT2D eigenvalue weighted by atomic mass is 16.5. The molecule has 1 N–H and O–H groups in total. The van der Waals surface area contributed by atoms with Crippen LogP contribution in [0.1, 0.15) is 43.8 Å². The van der Waals surface area contributed by atoms with Crippen molar-refractivity contribution in [2.75, 3.05) is 14.2 Å². The molecule has 4 atom stereocenters. The minimum Gasteiger partial charge on any atom is -0.493 e. The van der Waals surface area contributed by atoms with Crippen LogP contribution in [-0.2, 0) is 0 Å². The Kier molecular flexibility index (Phi) is 3.88. The van der Waals surface area contributed by atoms with Crippen LogP contribution >= 0.6 is 0 Å². The van der Waals surface area contributed by atoms with Crippen molar-refractivity contribution in [1.82, 2.24) is 0 Å². The highest BCUT2D eigenvalue weighted by Crippen LogP contribution is 2.51. The lowest BCUT2D eigenvalue weighted by Gasteiger charge is -2.24. The third-order valence-electron chi connectivity index (χ3n) is 5.20. The molecule has 110 valence electrons. The summed E-state index contributed by atoms with van der Waals surface area (Å²) < 4.78 is 10.5.